The van der Waals surface area contributed by atoms with E-state index in [1.165, 1.54) is 0 Å². The van der Waals surface area contributed by atoms with Crippen LogP contribution in [-0.4, -0.2) is 55.9 Å². The lowest BCUT2D eigenvalue weighted by molar-refractivity contribution is -0.136. The monoisotopic (exact) mass is 534 g/mol. The van der Waals surface area contributed by atoms with E-state index in [0.717, 1.165) is 32.1 Å². The van der Waals surface area contributed by atoms with Crippen molar-refractivity contribution in [2.24, 2.45) is 5.92 Å². The molecule has 1 rings (SSSR count). The van der Waals surface area contributed by atoms with Crippen molar-refractivity contribution < 1.29 is 32.1 Å². The quantitative estimate of drug-likeness (QED) is 0.211. The summed E-state index contributed by atoms with van der Waals surface area (Å²) in [4.78, 5) is 24.2. The summed E-state index contributed by atoms with van der Waals surface area (Å²) < 4.78 is 20.0. The largest absolute Gasteiger partial charge is 0.478 e. The third-order valence-corrected chi connectivity index (χ3v) is 17.2. The van der Waals surface area contributed by atoms with Crippen molar-refractivity contribution in [2.75, 3.05) is 0 Å². The van der Waals surface area contributed by atoms with Crippen molar-refractivity contribution in [1.29, 1.82) is 0 Å². The molecule has 33 heavy (non-hydrogen) atoms. The van der Waals surface area contributed by atoms with Gasteiger partial charge in [0, 0.05) is 11.6 Å². The van der Waals surface area contributed by atoms with Crippen molar-refractivity contribution in [3.8, 4) is 0 Å². The summed E-state index contributed by atoms with van der Waals surface area (Å²) in [5.41, 5.74) is 0.129. The third kappa shape index (κ3) is 11.6. The van der Waals surface area contributed by atoms with Crippen LogP contribution < -0.4 is 0 Å². The maximum Gasteiger partial charge on any atom is 0.469 e. The van der Waals surface area contributed by atoms with Crippen LogP contribution in [-0.2, 0) is 21.9 Å². The van der Waals surface area contributed by atoms with E-state index < -0.39 is 45.7 Å². The highest BCUT2D eigenvalue weighted by Gasteiger charge is 2.49. The van der Waals surface area contributed by atoms with Gasteiger partial charge in [-0.15, -0.1) is 0 Å². The first-order valence-corrected chi connectivity index (χ1v) is 24.3. The lowest BCUT2D eigenvalue weighted by atomic mass is 9.81. The number of carboxylic acid groups (broad SMARTS) is 2. The highest BCUT2D eigenvalue weighted by atomic mass is 28.5. The molecule has 7 nitrogen and oxygen atoms in total. The molecule has 0 bridgehead atoms. The minimum atomic E-state index is -3.08. The zero-order valence-electron chi connectivity index (χ0n) is 22.2. The molecule has 0 aliphatic heterocycles. The number of carboxylic acids is 2. The van der Waals surface area contributed by atoms with Crippen LogP contribution in [0.2, 0.25) is 65.0 Å². The van der Waals surface area contributed by atoms with Gasteiger partial charge in [-0.25, -0.2) is 9.59 Å². The minimum absolute atomic E-state index is 0.0336. The van der Waals surface area contributed by atoms with Gasteiger partial charge in [-0.2, -0.15) is 0 Å². The molecular formula is C22H46O7Si4. The van der Waals surface area contributed by atoms with E-state index in [2.05, 4.69) is 58.9 Å². The third-order valence-electron chi connectivity index (χ3n) is 5.12. The summed E-state index contributed by atoms with van der Waals surface area (Å²) in [5.74, 6) is -2.41. The van der Waals surface area contributed by atoms with Gasteiger partial charge in [0.25, 0.3) is 0 Å². The molecule has 0 aromatic heterocycles. The van der Waals surface area contributed by atoms with E-state index in [1.807, 2.05) is 0 Å². The van der Waals surface area contributed by atoms with Crippen molar-refractivity contribution in [2.45, 2.75) is 110 Å². The van der Waals surface area contributed by atoms with Crippen LogP contribution in [0, 0.1) is 5.92 Å². The van der Waals surface area contributed by atoms with E-state index in [9.17, 15) is 19.8 Å². The highest BCUT2D eigenvalue weighted by molar-refractivity contribution is 6.90. The molecule has 1 fully saturated rings. The van der Waals surface area contributed by atoms with Crippen molar-refractivity contribution in [1.82, 2.24) is 0 Å². The SMILES string of the molecule is C[Si](C)(C)O[Si](CCCC(C(=O)O)=C(C(=O)O)C1CCCCC1)(O[Si](C)(C)C)O[Si](C)(C)C. The van der Waals surface area contributed by atoms with Crippen LogP contribution >= 0.6 is 0 Å². The van der Waals surface area contributed by atoms with Gasteiger partial charge in [0.1, 0.15) is 0 Å². The number of rotatable bonds is 13. The number of carbonyl (C=O) groups is 2. The Kier molecular flexibility index (Phi) is 11.0. The first kappa shape index (κ1) is 30.5. The zero-order chi connectivity index (χ0) is 25.7. The Morgan fingerprint density at radius 1 is 0.727 bits per heavy atom. The molecule has 0 unspecified atom stereocenters. The minimum Gasteiger partial charge on any atom is -0.478 e. The zero-order valence-corrected chi connectivity index (χ0v) is 26.2. The molecule has 2 N–H and O–H groups in total. The molecule has 0 saturated heterocycles. The van der Waals surface area contributed by atoms with E-state index in [0.29, 0.717) is 12.5 Å². The Bertz CT molecular complexity index is 671. The second-order valence-electron chi connectivity index (χ2n) is 12.0. The Labute approximate surface area is 204 Å². The first-order chi connectivity index (χ1) is 14.8. The molecule has 0 amide bonds. The summed E-state index contributed by atoms with van der Waals surface area (Å²) in [7, 11) is -9.15. The Balaban J connectivity index is 3.28. The molecule has 0 aromatic rings. The van der Waals surface area contributed by atoms with Gasteiger partial charge in [-0.3, -0.25) is 0 Å². The predicted octanol–water partition coefficient (Wildman–Crippen LogP) is 6.31. The topological polar surface area (TPSA) is 102 Å². The molecule has 0 heterocycles. The van der Waals surface area contributed by atoms with Gasteiger partial charge in [0.15, 0.2) is 25.0 Å². The molecule has 192 valence electrons. The second kappa shape index (κ2) is 11.9. The fourth-order valence-electron chi connectivity index (χ4n) is 4.39. The number of hydrogen-bond donors (Lipinski definition) is 2. The van der Waals surface area contributed by atoms with E-state index in [-0.39, 0.29) is 23.5 Å². The molecule has 1 aliphatic carbocycles. The summed E-state index contributed by atoms with van der Waals surface area (Å²) in [6, 6.07) is 0.500. The van der Waals surface area contributed by atoms with Gasteiger partial charge in [0.05, 0.1) is 5.57 Å². The summed E-state index contributed by atoms with van der Waals surface area (Å²) in [6.45, 7) is 19.0. The fourth-order valence-corrected chi connectivity index (χ4v) is 19.1. The Morgan fingerprint density at radius 2 is 1.15 bits per heavy atom. The summed E-state index contributed by atoms with van der Waals surface area (Å²) in [5, 5.41) is 19.8. The second-order valence-corrected chi connectivity index (χ2v) is 29.0. The lowest BCUT2D eigenvalue weighted by Crippen LogP contribution is -2.60. The standard InChI is InChI=1S/C22H46O7Si4/c1-30(2,3)27-33(28-31(4,5)6,29-32(7,8)9)17-13-16-19(21(23)24)20(22(25)26)18-14-11-10-12-15-18/h18H,10-17H2,1-9H3,(H,23,24)(H,25,26). The van der Waals surface area contributed by atoms with Crippen molar-refractivity contribution in [3.05, 3.63) is 11.1 Å². The van der Waals surface area contributed by atoms with Crippen LogP contribution in [0.15, 0.2) is 11.1 Å². The van der Waals surface area contributed by atoms with Crippen LogP contribution in [0.1, 0.15) is 44.9 Å². The average molecular weight is 535 g/mol. The molecule has 0 spiro atoms. The molecule has 1 aliphatic rings. The molecule has 11 heteroatoms. The molecule has 0 aromatic carbocycles. The van der Waals surface area contributed by atoms with Crippen LogP contribution in [0.25, 0.3) is 0 Å². The summed E-state index contributed by atoms with van der Waals surface area (Å²) >= 11 is 0. The molecule has 0 radical (unpaired) electrons. The van der Waals surface area contributed by atoms with Crippen LogP contribution in [0.5, 0.6) is 0 Å². The highest BCUT2D eigenvalue weighted by Crippen LogP contribution is 2.35. The van der Waals surface area contributed by atoms with Gasteiger partial charge >= 0.3 is 20.7 Å². The molecule has 0 atom stereocenters. The van der Waals surface area contributed by atoms with Gasteiger partial charge < -0.3 is 22.6 Å². The molecular weight excluding hydrogens is 489 g/mol. The van der Waals surface area contributed by atoms with Crippen molar-refractivity contribution >= 4 is 45.7 Å². The Hall–Kier alpha value is -0.572. The van der Waals surface area contributed by atoms with Gasteiger partial charge in [0.2, 0.25) is 0 Å². The van der Waals surface area contributed by atoms with E-state index in [1.54, 1.807) is 0 Å². The van der Waals surface area contributed by atoms with Crippen LogP contribution in [0.3, 0.4) is 0 Å². The summed E-state index contributed by atoms with van der Waals surface area (Å²) in [6.07, 6.45) is 5.11. The Morgan fingerprint density at radius 3 is 1.48 bits per heavy atom. The maximum atomic E-state index is 12.1. The lowest BCUT2D eigenvalue weighted by Gasteiger charge is -2.43. The van der Waals surface area contributed by atoms with Crippen molar-refractivity contribution in [3.63, 3.8) is 0 Å². The predicted molar refractivity (Wildman–Crippen MR) is 142 cm³/mol. The van der Waals surface area contributed by atoms with Gasteiger partial charge in [-0.1, -0.05) is 19.3 Å². The fraction of sp³-hybridized carbons (Fsp3) is 0.818. The number of aliphatic carboxylic acids is 2. The smallest absolute Gasteiger partial charge is 0.469 e. The van der Waals surface area contributed by atoms with Gasteiger partial charge in [-0.05, 0) is 90.5 Å². The maximum absolute atomic E-state index is 12.1. The van der Waals surface area contributed by atoms with E-state index in [4.69, 9.17) is 12.3 Å². The van der Waals surface area contributed by atoms with E-state index >= 15 is 0 Å². The van der Waals surface area contributed by atoms with Crippen LogP contribution in [0.4, 0.5) is 0 Å². The number of hydrogen-bond acceptors (Lipinski definition) is 5. The average Bonchev–Trinajstić information content (AvgIpc) is 2.56. The first-order valence-electron chi connectivity index (χ1n) is 12.1. The molecule has 1 saturated carbocycles. The normalized spacial score (nSPS) is 17.6.